The first-order chi connectivity index (χ1) is 12.7. The molecular formula is C19H18FN5O. The van der Waals surface area contributed by atoms with E-state index in [4.69, 9.17) is 0 Å². The van der Waals surface area contributed by atoms with E-state index in [1.165, 1.54) is 12.1 Å². The number of carbonyl (C=O) groups is 1. The van der Waals surface area contributed by atoms with Crippen molar-refractivity contribution in [2.24, 2.45) is 0 Å². The maximum atomic E-state index is 13.2. The Morgan fingerprint density at radius 3 is 2.69 bits per heavy atom. The van der Waals surface area contributed by atoms with E-state index in [1.807, 2.05) is 16.7 Å². The molecule has 1 unspecified atom stereocenters. The zero-order valence-corrected chi connectivity index (χ0v) is 14.1. The lowest BCUT2D eigenvalue weighted by Gasteiger charge is -2.23. The molecule has 1 aliphatic rings. The molecule has 26 heavy (non-hydrogen) atoms. The number of benzene rings is 1. The van der Waals surface area contributed by atoms with Crippen molar-refractivity contribution >= 4 is 5.91 Å². The monoisotopic (exact) mass is 351 g/mol. The molecule has 3 heterocycles. The Kier molecular flexibility index (Phi) is 4.43. The summed E-state index contributed by atoms with van der Waals surface area (Å²) in [7, 11) is 0. The summed E-state index contributed by atoms with van der Waals surface area (Å²) in [6.07, 6.45) is 5.01. The summed E-state index contributed by atoms with van der Waals surface area (Å²) >= 11 is 0. The summed E-state index contributed by atoms with van der Waals surface area (Å²) in [5.41, 5.74) is 1.79. The van der Waals surface area contributed by atoms with Gasteiger partial charge in [0.2, 0.25) is 5.91 Å². The summed E-state index contributed by atoms with van der Waals surface area (Å²) in [5, 5.41) is 11.5. The summed E-state index contributed by atoms with van der Waals surface area (Å²) in [6.45, 7) is 1.21. The molecule has 0 saturated heterocycles. The van der Waals surface area contributed by atoms with Gasteiger partial charge in [0.05, 0.1) is 5.92 Å². The van der Waals surface area contributed by atoms with Gasteiger partial charge in [-0.3, -0.25) is 9.78 Å². The zero-order valence-electron chi connectivity index (χ0n) is 14.1. The fourth-order valence-corrected chi connectivity index (χ4v) is 3.25. The fourth-order valence-electron chi connectivity index (χ4n) is 3.25. The van der Waals surface area contributed by atoms with Gasteiger partial charge in [-0.2, -0.15) is 0 Å². The van der Waals surface area contributed by atoms with E-state index >= 15 is 0 Å². The van der Waals surface area contributed by atoms with E-state index in [0.29, 0.717) is 18.2 Å². The number of amides is 1. The Hall–Kier alpha value is -3.09. The van der Waals surface area contributed by atoms with Gasteiger partial charge in [-0.15, -0.1) is 10.2 Å². The SMILES string of the molecule is O=C(NCc1ccncc1)C1CCCn2c(-c3ccc(F)cc3)nnc21. The molecule has 0 spiro atoms. The maximum Gasteiger partial charge on any atom is 0.231 e. The molecule has 1 aliphatic heterocycles. The van der Waals surface area contributed by atoms with Crippen molar-refractivity contribution < 1.29 is 9.18 Å². The minimum Gasteiger partial charge on any atom is -0.351 e. The van der Waals surface area contributed by atoms with Gasteiger partial charge in [-0.05, 0) is 54.8 Å². The minimum atomic E-state index is -0.327. The first-order valence-corrected chi connectivity index (χ1v) is 8.58. The van der Waals surface area contributed by atoms with Crippen molar-refractivity contribution in [3.05, 3.63) is 66.0 Å². The largest absolute Gasteiger partial charge is 0.351 e. The molecule has 1 atom stereocenters. The van der Waals surface area contributed by atoms with Crippen LogP contribution < -0.4 is 5.32 Å². The molecule has 0 bridgehead atoms. The van der Waals surface area contributed by atoms with Gasteiger partial charge >= 0.3 is 0 Å². The highest BCUT2D eigenvalue weighted by atomic mass is 19.1. The Bertz CT molecular complexity index is 907. The summed E-state index contributed by atoms with van der Waals surface area (Å²) < 4.78 is 15.1. The number of rotatable bonds is 4. The van der Waals surface area contributed by atoms with Gasteiger partial charge in [0.1, 0.15) is 11.6 Å². The standard InChI is InChI=1S/C19H18FN5O/c20-15-5-3-14(4-6-15)17-23-24-18-16(2-1-11-25(17)18)19(26)22-12-13-7-9-21-10-8-13/h3-10,16H,1-2,11-12H2,(H,22,26). The molecule has 0 fully saturated rings. The Morgan fingerprint density at radius 2 is 1.92 bits per heavy atom. The zero-order chi connectivity index (χ0) is 17.9. The average molecular weight is 351 g/mol. The van der Waals surface area contributed by atoms with Crippen LogP contribution in [0.4, 0.5) is 4.39 Å². The Labute approximate surface area is 150 Å². The van der Waals surface area contributed by atoms with Crippen molar-refractivity contribution in [1.29, 1.82) is 0 Å². The third-order valence-electron chi connectivity index (χ3n) is 4.60. The molecule has 3 aromatic rings. The van der Waals surface area contributed by atoms with Crippen molar-refractivity contribution in [3.8, 4) is 11.4 Å². The van der Waals surface area contributed by atoms with E-state index in [9.17, 15) is 9.18 Å². The summed E-state index contributed by atoms with van der Waals surface area (Å²) in [4.78, 5) is 16.6. The van der Waals surface area contributed by atoms with Gasteiger partial charge < -0.3 is 9.88 Å². The van der Waals surface area contributed by atoms with Crippen LogP contribution in [0.15, 0.2) is 48.8 Å². The molecule has 1 aromatic carbocycles. The summed E-state index contributed by atoms with van der Waals surface area (Å²) in [5.74, 6) is 0.669. The molecule has 7 heteroatoms. The number of pyridine rings is 1. The number of carbonyl (C=O) groups excluding carboxylic acids is 1. The minimum absolute atomic E-state index is 0.0548. The number of nitrogens with zero attached hydrogens (tertiary/aromatic N) is 4. The first kappa shape index (κ1) is 16.4. The second-order valence-electron chi connectivity index (χ2n) is 6.31. The van der Waals surface area contributed by atoms with Crippen LogP contribution in [0.1, 0.15) is 30.1 Å². The molecule has 0 radical (unpaired) electrons. The van der Waals surface area contributed by atoms with E-state index in [1.54, 1.807) is 24.5 Å². The lowest BCUT2D eigenvalue weighted by atomic mass is 9.97. The van der Waals surface area contributed by atoms with E-state index in [-0.39, 0.29) is 17.6 Å². The van der Waals surface area contributed by atoms with Crippen molar-refractivity contribution in [2.45, 2.75) is 31.8 Å². The highest BCUT2D eigenvalue weighted by Crippen LogP contribution is 2.30. The van der Waals surface area contributed by atoms with E-state index in [0.717, 1.165) is 30.5 Å². The molecule has 1 amide bonds. The molecule has 0 saturated carbocycles. The van der Waals surface area contributed by atoms with Crippen LogP contribution in [0.3, 0.4) is 0 Å². The Balaban J connectivity index is 1.54. The van der Waals surface area contributed by atoms with Crippen LogP contribution in [-0.2, 0) is 17.9 Å². The van der Waals surface area contributed by atoms with Crippen LogP contribution in [0.25, 0.3) is 11.4 Å². The molecule has 132 valence electrons. The average Bonchev–Trinajstić information content (AvgIpc) is 3.12. The molecule has 4 rings (SSSR count). The highest BCUT2D eigenvalue weighted by molar-refractivity contribution is 5.83. The molecule has 6 nitrogen and oxygen atoms in total. The van der Waals surface area contributed by atoms with Gasteiger partial charge in [0.15, 0.2) is 5.82 Å². The molecule has 1 N–H and O–H groups in total. The lowest BCUT2D eigenvalue weighted by molar-refractivity contribution is -0.123. The second kappa shape index (κ2) is 7.03. The Morgan fingerprint density at radius 1 is 1.15 bits per heavy atom. The molecule has 2 aromatic heterocycles. The first-order valence-electron chi connectivity index (χ1n) is 8.58. The number of nitrogens with one attached hydrogen (secondary N) is 1. The van der Waals surface area contributed by atoms with Crippen LogP contribution in [0, 0.1) is 5.82 Å². The third-order valence-corrected chi connectivity index (χ3v) is 4.60. The van der Waals surface area contributed by atoms with Gasteiger partial charge in [-0.25, -0.2) is 4.39 Å². The highest BCUT2D eigenvalue weighted by Gasteiger charge is 2.30. The number of halogens is 1. The van der Waals surface area contributed by atoms with E-state index < -0.39 is 0 Å². The van der Waals surface area contributed by atoms with Crippen molar-refractivity contribution in [2.75, 3.05) is 0 Å². The van der Waals surface area contributed by atoms with Gasteiger partial charge in [-0.1, -0.05) is 0 Å². The van der Waals surface area contributed by atoms with Crippen LogP contribution in [0.5, 0.6) is 0 Å². The van der Waals surface area contributed by atoms with Crippen LogP contribution in [0.2, 0.25) is 0 Å². The predicted octanol–water partition coefficient (Wildman–Crippen LogP) is 2.67. The summed E-state index contributed by atoms with van der Waals surface area (Å²) in [6, 6.07) is 9.91. The number of hydrogen-bond acceptors (Lipinski definition) is 4. The van der Waals surface area contributed by atoms with Gasteiger partial charge in [0.25, 0.3) is 0 Å². The topological polar surface area (TPSA) is 72.7 Å². The maximum absolute atomic E-state index is 13.2. The smallest absolute Gasteiger partial charge is 0.231 e. The quantitative estimate of drug-likeness (QED) is 0.784. The predicted molar refractivity (Wildman–Crippen MR) is 93.5 cm³/mol. The van der Waals surface area contributed by atoms with Crippen molar-refractivity contribution in [1.82, 2.24) is 25.1 Å². The normalized spacial score (nSPS) is 16.1. The fraction of sp³-hybridized carbons (Fsp3) is 0.263. The van der Waals surface area contributed by atoms with Gasteiger partial charge in [0, 0.05) is 31.0 Å². The number of hydrogen-bond donors (Lipinski definition) is 1. The second-order valence-corrected chi connectivity index (χ2v) is 6.31. The molecular weight excluding hydrogens is 333 g/mol. The van der Waals surface area contributed by atoms with Crippen LogP contribution in [-0.4, -0.2) is 25.7 Å². The molecule has 0 aliphatic carbocycles. The number of fused-ring (bicyclic) bond motifs is 1. The number of aromatic nitrogens is 4. The van der Waals surface area contributed by atoms with E-state index in [2.05, 4.69) is 20.5 Å². The third kappa shape index (κ3) is 3.20. The lowest BCUT2D eigenvalue weighted by Crippen LogP contribution is -2.33. The van der Waals surface area contributed by atoms with Crippen LogP contribution >= 0.6 is 0 Å². The van der Waals surface area contributed by atoms with Crippen molar-refractivity contribution in [3.63, 3.8) is 0 Å².